The topological polar surface area (TPSA) is 79.7 Å². The maximum atomic E-state index is 13.5. The van der Waals surface area contributed by atoms with Crippen LogP contribution in [0.3, 0.4) is 0 Å². The maximum Gasteiger partial charge on any atom is 0.348 e. The molecule has 0 bridgehead atoms. The van der Waals surface area contributed by atoms with Crippen LogP contribution in [0.5, 0.6) is 5.75 Å². The summed E-state index contributed by atoms with van der Waals surface area (Å²) in [6, 6.07) is 4.42. The van der Waals surface area contributed by atoms with Crippen molar-refractivity contribution >= 4 is 33.9 Å². The highest BCUT2D eigenvalue weighted by molar-refractivity contribution is 9.10. The smallest absolute Gasteiger partial charge is 0.348 e. The molecule has 7 nitrogen and oxygen atoms in total. The summed E-state index contributed by atoms with van der Waals surface area (Å²) in [5, 5.41) is 3.61. The first-order chi connectivity index (χ1) is 14.9. The van der Waals surface area contributed by atoms with E-state index in [0.717, 1.165) is 4.68 Å². The molecule has 1 saturated heterocycles. The van der Waals surface area contributed by atoms with Crippen molar-refractivity contribution in [2.45, 2.75) is 39.0 Å². The average molecular weight is 521 g/mol. The third kappa shape index (κ3) is 4.79. The van der Waals surface area contributed by atoms with E-state index >= 15 is 0 Å². The third-order valence-electron chi connectivity index (χ3n) is 4.42. The zero-order chi connectivity index (χ0) is 23.8. The fraction of sp³-hybridized carbons (Fsp3) is 0.350. The minimum absolute atomic E-state index is 0.257. The molecule has 0 radical (unpaired) electrons. The minimum atomic E-state index is -3.07. The van der Waals surface area contributed by atoms with E-state index in [1.165, 1.54) is 45.2 Å². The lowest BCUT2D eigenvalue weighted by Crippen LogP contribution is -2.41. The highest BCUT2D eigenvalue weighted by Crippen LogP contribution is 2.36. The van der Waals surface area contributed by atoms with Gasteiger partial charge in [0, 0.05) is 19.4 Å². The standard InChI is InChI=1S/C20H17BrF4N2O5/c1-20(2)31-18(28)11(19(29)32-20)7-9-4-5-12(30-3)10(6-9)8-27-15(17(24)25)13(21)14(26-27)16(22)23/h4-7,16-17H,8H2,1-3H3. The average Bonchev–Trinajstić information content (AvgIpc) is 3.00. The quantitative estimate of drug-likeness (QED) is 0.235. The molecule has 0 spiro atoms. The lowest BCUT2D eigenvalue weighted by molar-refractivity contribution is -0.222. The number of aromatic nitrogens is 2. The Labute approximate surface area is 188 Å². The van der Waals surface area contributed by atoms with Gasteiger partial charge in [-0.1, -0.05) is 6.07 Å². The van der Waals surface area contributed by atoms with E-state index in [1.807, 2.05) is 0 Å². The summed E-state index contributed by atoms with van der Waals surface area (Å²) >= 11 is 2.77. The minimum Gasteiger partial charge on any atom is -0.496 e. The van der Waals surface area contributed by atoms with Crippen LogP contribution in [0.25, 0.3) is 6.08 Å². The molecule has 172 valence electrons. The van der Waals surface area contributed by atoms with Crippen LogP contribution in [0.15, 0.2) is 28.2 Å². The van der Waals surface area contributed by atoms with Crippen molar-refractivity contribution in [3.8, 4) is 5.75 Å². The van der Waals surface area contributed by atoms with Gasteiger partial charge in [-0.25, -0.2) is 27.2 Å². The molecule has 3 rings (SSSR count). The van der Waals surface area contributed by atoms with E-state index < -0.39 is 46.4 Å². The summed E-state index contributed by atoms with van der Waals surface area (Å²) in [7, 11) is 1.34. The van der Waals surface area contributed by atoms with Crippen molar-refractivity contribution in [1.29, 1.82) is 0 Å². The molecule has 1 aliphatic heterocycles. The molecule has 1 aromatic carbocycles. The van der Waals surface area contributed by atoms with E-state index in [0.29, 0.717) is 5.56 Å². The number of carbonyl (C=O) groups is 2. The van der Waals surface area contributed by atoms with Crippen LogP contribution < -0.4 is 4.74 Å². The first kappa shape index (κ1) is 23.8. The number of esters is 2. The maximum absolute atomic E-state index is 13.5. The molecule has 1 aliphatic rings. The molecular formula is C20H17BrF4N2O5. The lowest BCUT2D eigenvalue weighted by atomic mass is 10.1. The van der Waals surface area contributed by atoms with Gasteiger partial charge in [-0.15, -0.1) is 0 Å². The van der Waals surface area contributed by atoms with Crippen molar-refractivity contribution in [2.75, 3.05) is 7.11 Å². The van der Waals surface area contributed by atoms with Gasteiger partial charge in [0.2, 0.25) is 0 Å². The fourth-order valence-electron chi connectivity index (χ4n) is 3.06. The molecule has 12 heteroatoms. The fourth-order valence-corrected chi connectivity index (χ4v) is 3.69. The second kappa shape index (κ2) is 8.93. The molecule has 0 saturated carbocycles. The Bertz CT molecular complexity index is 1080. The molecule has 1 fully saturated rings. The van der Waals surface area contributed by atoms with Crippen molar-refractivity contribution in [1.82, 2.24) is 9.78 Å². The van der Waals surface area contributed by atoms with E-state index in [4.69, 9.17) is 14.2 Å². The molecule has 0 unspecified atom stereocenters. The molecule has 0 aliphatic carbocycles. The summed E-state index contributed by atoms with van der Waals surface area (Å²) in [6.07, 6.45) is -4.93. The Hall–Kier alpha value is -2.89. The van der Waals surface area contributed by atoms with Crippen molar-refractivity contribution in [3.63, 3.8) is 0 Å². The highest BCUT2D eigenvalue weighted by Gasteiger charge is 2.38. The summed E-state index contributed by atoms with van der Waals surface area (Å²) in [5.74, 6) is -2.92. The summed E-state index contributed by atoms with van der Waals surface area (Å²) in [4.78, 5) is 24.3. The SMILES string of the molecule is COc1ccc(C=C2C(=O)OC(C)(C)OC2=O)cc1Cn1nc(C(F)F)c(Br)c1C(F)F. The van der Waals surface area contributed by atoms with E-state index in [2.05, 4.69) is 21.0 Å². The van der Waals surface area contributed by atoms with Crippen LogP contribution in [0, 0.1) is 0 Å². The Morgan fingerprint density at radius 2 is 1.78 bits per heavy atom. The Morgan fingerprint density at radius 1 is 1.16 bits per heavy atom. The monoisotopic (exact) mass is 520 g/mol. The molecule has 2 heterocycles. The van der Waals surface area contributed by atoms with Gasteiger partial charge in [0.05, 0.1) is 18.1 Å². The van der Waals surface area contributed by atoms with Gasteiger partial charge in [-0.2, -0.15) is 5.10 Å². The van der Waals surface area contributed by atoms with E-state index in [9.17, 15) is 27.2 Å². The van der Waals surface area contributed by atoms with Crippen LogP contribution in [0.2, 0.25) is 0 Å². The molecule has 32 heavy (non-hydrogen) atoms. The van der Waals surface area contributed by atoms with Gasteiger partial charge in [0.25, 0.3) is 18.6 Å². The second-order valence-corrected chi connectivity index (χ2v) is 7.94. The zero-order valence-electron chi connectivity index (χ0n) is 17.0. The van der Waals surface area contributed by atoms with E-state index in [-0.39, 0.29) is 23.4 Å². The number of ether oxygens (including phenoxy) is 3. The van der Waals surface area contributed by atoms with Gasteiger partial charge in [-0.05, 0) is 39.7 Å². The molecule has 1 aromatic heterocycles. The predicted octanol–water partition coefficient (Wildman–Crippen LogP) is 4.80. The summed E-state index contributed by atoms with van der Waals surface area (Å²) in [6.45, 7) is 2.47. The zero-order valence-corrected chi connectivity index (χ0v) is 18.6. The van der Waals surface area contributed by atoms with Crippen LogP contribution in [0.1, 0.15) is 49.2 Å². The first-order valence-corrected chi connectivity index (χ1v) is 9.90. The van der Waals surface area contributed by atoms with Crippen molar-refractivity contribution < 1.29 is 41.4 Å². The molecule has 0 atom stereocenters. The third-order valence-corrected chi connectivity index (χ3v) is 5.23. The number of benzene rings is 1. The molecule has 2 aromatic rings. The number of halogens is 5. The normalized spacial score (nSPS) is 15.8. The number of cyclic esters (lactones) is 2. The van der Waals surface area contributed by atoms with Crippen molar-refractivity contribution in [2.24, 2.45) is 0 Å². The number of rotatable bonds is 6. The first-order valence-electron chi connectivity index (χ1n) is 9.11. The largest absolute Gasteiger partial charge is 0.496 e. The number of nitrogens with zero attached hydrogens (tertiary/aromatic N) is 2. The number of methoxy groups -OCH3 is 1. The Morgan fingerprint density at radius 3 is 2.31 bits per heavy atom. The predicted molar refractivity (Wildman–Crippen MR) is 106 cm³/mol. The van der Waals surface area contributed by atoms with Gasteiger partial charge < -0.3 is 14.2 Å². The lowest BCUT2D eigenvalue weighted by Gasteiger charge is -2.29. The van der Waals surface area contributed by atoms with Crippen molar-refractivity contribution in [3.05, 3.63) is 50.8 Å². The number of hydrogen-bond acceptors (Lipinski definition) is 6. The van der Waals surface area contributed by atoms with Crippen LogP contribution in [-0.4, -0.2) is 34.6 Å². The molecular weight excluding hydrogens is 504 g/mol. The number of hydrogen-bond donors (Lipinski definition) is 0. The van der Waals surface area contributed by atoms with E-state index in [1.54, 1.807) is 0 Å². The molecule has 0 amide bonds. The number of alkyl halides is 4. The number of carbonyl (C=O) groups excluding carboxylic acids is 2. The van der Waals surface area contributed by atoms with Gasteiger partial charge in [0.1, 0.15) is 22.7 Å². The van der Waals surface area contributed by atoms with Crippen LogP contribution in [0.4, 0.5) is 17.6 Å². The van der Waals surface area contributed by atoms with Gasteiger partial charge in [-0.3, -0.25) is 4.68 Å². The van der Waals surface area contributed by atoms with Gasteiger partial charge >= 0.3 is 11.9 Å². The Kier molecular flexibility index (Phi) is 6.63. The summed E-state index contributed by atoms with van der Waals surface area (Å²) < 4.78 is 68.9. The van der Waals surface area contributed by atoms with Gasteiger partial charge in [0.15, 0.2) is 0 Å². The molecule has 0 N–H and O–H groups in total. The van der Waals surface area contributed by atoms with Crippen LogP contribution in [-0.2, 0) is 25.6 Å². The second-order valence-electron chi connectivity index (χ2n) is 7.15. The Balaban J connectivity index is 2.01. The summed E-state index contributed by atoms with van der Waals surface area (Å²) in [5.41, 5.74) is -1.28. The highest BCUT2D eigenvalue weighted by atomic mass is 79.9. The van der Waals surface area contributed by atoms with Crippen LogP contribution >= 0.6 is 15.9 Å².